The summed E-state index contributed by atoms with van der Waals surface area (Å²) in [7, 11) is -0.109. The van der Waals surface area contributed by atoms with Crippen LogP contribution in [0.25, 0.3) is 0 Å². The van der Waals surface area contributed by atoms with Gasteiger partial charge in [-0.05, 0) is 37.5 Å². The third-order valence-electron chi connectivity index (χ3n) is 3.78. The number of rotatable bonds is 12. The van der Waals surface area contributed by atoms with Crippen LogP contribution in [0.15, 0.2) is 30.9 Å². The van der Waals surface area contributed by atoms with E-state index in [2.05, 4.69) is 11.9 Å². The molecule has 0 saturated carbocycles. The highest BCUT2D eigenvalue weighted by molar-refractivity contribution is 7.89. The highest BCUT2D eigenvalue weighted by Gasteiger charge is 2.14. The number of nitrogens with one attached hydrogen (secondary N) is 1. The monoisotopic (exact) mass is 384 g/mol. The SMILES string of the molecule is C=CCc1ccc(OCC(=O)NCCCN(C)S(=O)(=O)CC)c(OC)c1. The second-order valence-electron chi connectivity index (χ2n) is 5.69. The molecule has 0 aliphatic heterocycles. The summed E-state index contributed by atoms with van der Waals surface area (Å²) in [6, 6.07) is 5.50. The normalized spacial score (nSPS) is 11.2. The van der Waals surface area contributed by atoms with Gasteiger partial charge in [-0.3, -0.25) is 4.79 Å². The molecule has 7 nitrogen and oxygen atoms in total. The molecule has 0 bridgehead atoms. The van der Waals surface area contributed by atoms with Gasteiger partial charge in [-0.15, -0.1) is 6.58 Å². The Kier molecular flexibility index (Phi) is 9.15. The molecular weight excluding hydrogens is 356 g/mol. The quantitative estimate of drug-likeness (QED) is 0.437. The first-order valence-electron chi connectivity index (χ1n) is 8.45. The molecule has 146 valence electrons. The van der Waals surface area contributed by atoms with Crippen molar-refractivity contribution in [3.63, 3.8) is 0 Å². The summed E-state index contributed by atoms with van der Waals surface area (Å²) in [4.78, 5) is 11.9. The van der Waals surface area contributed by atoms with Crippen molar-refractivity contribution in [1.82, 2.24) is 9.62 Å². The number of amides is 1. The van der Waals surface area contributed by atoms with E-state index in [1.165, 1.54) is 11.4 Å². The molecule has 1 aromatic carbocycles. The number of hydrogen-bond acceptors (Lipinski definition) is 5. The molecule has 0 saturated heterocycles. The Bertz CT molecular complexity index is 704. The predicted molar refractivity (Wildman–Crippen MR) is 102 cm³/mol. The van der Waals surface area contributed by atoms with E-state index in [0.717, 1.165) is 12.0 Å². The highest BCUT2D eigenvalue weighted by Crippen LogP contribution is 2.28. The van der Waals surface area contributed by atoms with Crippen molar-refractivity contribution in [3.8, 4) is 11.5 Å². The van der Waals surface area contributed by atoms with E-state index in [0.29, 0.717) is 31.0 Å². The Morgan fingerprint density at radius 2 is 2.08 bits per heavy atom. The van der Waals surface area contributed by atoms with E-state index < -0.39 is 10.0 Å². The predicted octanol–water partition coefficient (Wildman–Crippen LogP) is 1.59. The fraction of sp³-hybridized carbons (Fsp3) is 0.500. The number of allylic oxidation sites excluding steroid dienone is 1. The number of carbonyl (C=O) groups is 1. The molecule has 1 amide bonds. The van der Waals surface area contributed by atoms with E-state index >= 15 is 0 Å². The minimum Gasteiger partial charge on any atom is -0.493 e. The van der Waals surface area contributed by atoms with Crippen molar-refractivity contribution in [2.75, 3.05) is 39.6 Å². The van der Waals surface area contributed by atoms with Crippen LogP contribution in [0.5, 0.6) is 11.5 Å². The van der Waals surface area contributed by atoms with Crippen LogP contribution in [0.3, 0.4) is 0 Å². The molecule has 0 fully saturated rings. The summed E-state index contributed by atoms with van der Waals surface area (Å²) < 4.78 is 35.3. The summed E-state index contributed by atoms with van der Waals surface area (Å²) in [5, 5.41) is 2.71. The number of benzene rings is 1. The lowest BCUT2D eigenvalue weighted by Crippen LogP contribution is -2.34. The maximum absolute atomic E-state index is 11.9. The van der Waals surface area contributed by atoms with E-state index in [4.69, 9.17) is 9.47 Å². The van der Waals surface area contributed by atoms with Crippen LogP contribution in [0.4, 0.5) is 0 Å². The molecule has 0 heterocycles. The largest absolute Gasteiger partial charge is 0.493 e. The zero-order valence-electron chi connectivity index (χ0n) is 15.7. The Morgan fingerprint density at radius 3 is 2.69 bits per heavy atom. The van der Waals surface area contributed by atoms with Crippen LogP contribution < -0.4 is 14.8 Å². The van der Waals surface area contributed by atoms with Crippen molar-refractivity contribution in [3.05, 3.63) is 36.4 Å². The smallest absolute Gasteiger partial charge is 0.257 e. The van der Waals surface area contributed by atoms with E-state index in [-0.39, 0.29) is 18.3 Å². The van der Waals surface area contributed by atoms with Crippen LogP contribution in [-0.2, 0) is 21.2 Å². The third-order valence-corrected chi connectivity index (χ3v) is 5.64. The van der Waals surface area contributed by atoms with Gasteiger partial charge in [0.2, 0.25) is 10.0 Å². The molecule has 0 aliphatic rings. The van der Waals surface area contributed by atoms with Crippen molar-refractivity contribution in [2.24, 2.45) is 0 Å². The minimum absolute atomic E-state index is 0.0666. The van der Waals surface area contributed by atoms with Crippen LogP contribution in [0.2, 0.25) is 0 Å². The molecule has 1 rings (SSSR count). The summed E-state index contributed by atoms with van der Waals surface area (Å²) in [5.74, 6) is 0.841. The number of methoxy groups -OCH3 is 1. The van der Waals surface area contributed by atoms with E-state index in [1.807, 2.05) is 12.1 Å². The van der Waals surface area contributed by atoms with Gasteiger partial charge in [-0.1, -0.05) is 12.1 Å². The second kappa shape index (κ2) is 10.8. The topological polar surface area (TPSA) is 84.9 Å². The first-order valence-corrected chi connectivity index (χ1v) is 10.1. The fourth-order valence-corrected chi connectivity index (χ4v) is 3.06. The number of nitrogens with zero attached hydrogens (tertiary/aromatic N) is 1. The van der Waals surface area contributed by atoms with Crippen molar-refractivity contribution in [2.45, 2.75) is 19.8 Å². The van der Waals surface area contributed by atoms with E-state index in [1.54, 1.807) is 26.2 Å². The zero-order chi connectivity index (χ0) is 19.6. The first kappa shape index (κ1) is 22.0. The molecule has 1 aromatic rings. The molecule has 0 unspecified atom stereocenters. The van der Waals surface area contributed by atoms with Crippen molar-refractivity contribution in [1.29, 1.82) is 0 Å². The number of carbonyl (C=O) groups excluding carboxylic acids is 1. The molecule has 26 heavy (non-hydrogen) atoms. The Hall–Kier alpha value is -2.06. The standard InChI is InChI=1S/C18H28N2O5S/c1-5-8-15-9-10-16(17(13-15)24-4)25-14-18(21)19-11-7-12-20(3)26(22,23)6-2/h5,9-10,13H,1,6-8,11-12,14H2,2-4H3,(H,19,21). The summed E-state index contributed by atoms with van der Waals surface area (Å²) in [5.41, 5.74) is 1.04. The Balaban J connectivity index is 2.39. The molecule has 0 aromatic heterocycles. The maximum Gasteiger partial charge on any atom is 0.257 e. The molecule has 0 spiro atoms. The van der Waals surface area contributed by atoms with Gasteiger partial charge in [-0.2, -0.15) is 0 Å². The van der Waals surface area contributed by atoms with Gasteiger partial charge < -0.3 is 14.8 Å². The average molecular weight is 384 g/mol. The van der Waals surface area contributed by atoms with Gasteiger partial charge in [0.15, 0.2) is 18.1 Å². The molecule has 0 atom stereocenters. The third kappa shape index (κ3) is 7.05. The molecular formula is C18H28N2O5S. The lowest BCUT2D eigenvalue weighted by Gasteiger charge is -2.16. The lowest BCUT2D eigenvalue weighted by atomic mass is 10.1. The lowest BCUT2D eigenvalue weighted by molar-refractivity contribution is -0.123. The number of hydrogen-bond donors (Lipinski definition) is 1. The fourth-order valence-electron chi connectivity index (χ4n) is 2.21. The Morgan fingerprint density at radius 1 is 1.35 bits per heavy atom. The molecule has 1 N–H and O–H groups in total. The van der Waals surface area contributed by atoms with Crippen LogP contribution in [0.1, 0.15) is 18.9 Å². The zero-order valence-corrected chi connectivity index (χ0v) is 16.5. The summed E-state index contributed by atoms with van der Waals surface area (Å²) >= 11 is 0. The average Bonchev–Trinajstić information content (AvgIpc) is 2.63. The van der Waals surface area contributed by atoms with Gasteiger partial charge in [0.25, 0.3) is 5.91 Å². The molecule has 0 radical (unpaired) electrons. The number of ether oxygens (including phenoxy) is 2. The summed E-state index contributed by atoms with van der Waals surface area (Å²) in [6.45, 7) is 5.89. The molecule has 8 heteroatoms. The first-order chi connectivity index (χ1) is 12.3. The van der Waals surface area contributed by atoms with Crippen LogP contribution in [-0.4, -0.2) is 58.2 Å². The summed E-state index contributed by atoms with van der Waals surface area (Å²) in [6.07, 6.45) is 3.05. The van der Waals surface area contributed by atoms with Crippen molar-refractivity contribution >= 4 is 15.9 Å². The highest BCUT2D eigenvalue weighted by atomic mass is 32.2. The minimum atomic E-state index is -3.18. The van der Waals surface area contributed by atoms with Gasteiger partial charge in [0, 0.05) is 20.1 Å². The maximum atomic E-state index is 11.9. The number of sulfonamides is 1. The second-order valence-corrected chi connectivity index (χ2v) is 8.06. The molecule has 0 aliphatic carbocycles. The van der Waals surface area contributed by atoms with Gasteiger partial charge in [-0.25, -0.2) is 12.7 Å². The van der Waals surface area contributed by atoms with Crippen LogP contribution >= 0.6 is 0 Å². The van der Waals surface area contributed by atoms with E-state index in [9.17, 15) is 13.2 Å². The van der Waals surface area contributed by atoms with Gasteiger partial charge in [0.05, 0.1) is 12.9 Å². The van der Waals surface area contributed by atoms with Gasteiger partial charge >= 0.3 is 0 Å². The van der Waals surface area contributed by atoms with Crippen molar-refractivity contribution < 1.29 is 22.7 Å². The Labute approximate surface area is 156 Å². The van der Waals surface area contributed by atoms with Crippen LogP contribution in [0, 0.1) is 0 Å². The van der Waals surface area contributed by atoms with Gasteiger partial charge in [0.1, 0.15) is 0 Å².